The maximum atomic E-state index is 13.3. The molecule has 6 heteroatoms. The summed E-state index contributed by atoms with van der Waals surface area (Å²) in [6.45, 7) is 5.81. The second-order valence-corrected chi connectivity index (χ2v) is 8.42. The molecule has 2 aliphatic heterocycles. The van der Waals surface area contributed by atoms with Crippen molar-refractivity contribution in [2.45, 2.75) is 51.5 Å². The Kier molecular flexibility index (Phi) is 5.84. The van der Waals surface area contributed by atoms with Gasteiger partial charge in [0.05, 0.1) is 0 Å². The Bertz CT molecular complexity index is 944. The third-order valence-electron chi connectivity index (χ3n) is 6.24. The van der Waals surface area contributed by atoms with Gasteiger partial charge >= 0.3 is 0 Å². The Labute approximate surface area is 176 Å². The molecule has 2 atom stereocenters. The standard InChI is InChI=1S/C24H28FN3O2/c1-16-13-20(18-7-9-21(25)10-8-18)14-22(26-16)19-5-3-11-27(15-19)24(30)17(2)28-12-4-6-23(28)29/h7-10,13-14,17,19H,3-6,11-12,15H2,1-2H3. The molecule has 3 heterocycles. The normalized spacial score (nSPS) is 20.5. The summed E-state index contributed by atoms with van der Waals surface area (Å²) in [6.07, 6.45) is 3.26. The van der Waals surface area contributed by atoms with Crippen molar-refractivity contribution in [2.24, 2.45) is 0 Å². The molecule has 2 aromatic rings. The van der Waals surface area contributed by atoms with Crippen molar-refractivity contribution in [3.8, 4) is 11.1 Å². The van der Waals surface area contributed by atoms with Crippen LogP contribution in [0, 0.1) is 12.7 Å². The number of hydrogen-bond acceptors (Lipinski definition) is 3. The molecule has 0 saturated carbocycles. The first-order valence-electron chi connectivity index (χ1n) is 10.7. The van der Waals surface area contributed by atoms with Crippen molar-refractivity contribution in [1.82, 2.24) is 14.8 Å². The number of rotatable bonds is 4. The molecule has 0 spiro atoms. The van der Waals surface area contributed by atoms with Crippen LogP contribution < -0.4 is 0 Å². The molecule has 2 fully saturated rings. The Morgan fingerprint density at radius 3 is 2.60 bits per heavy atom. The molecule has 30 heavy (non-hydrogen) atoms. The fourth-order valence-corrected chi connectivity index (χ4v) is 4.61. The van der Waals surface area contributed by atoms with E-state index in [9.17, 15) is 14.0 Å². The number of amides is 2. The van der Waals surface area contributed by atoms with Gasteiger partial charge in [0.1, 0.15) is 11.9 Å². The molecule has 0 aliphatic carbocycles. The molecule has 158 valence electrons. The van der Waals surface area contributed by atoms with Gasteiger partial charge in [0.25, 0.3) is 0 Å². The molecule has 1 aromatic heterocycles. The number of aryl methyl sites for hydroxylation is 1. The minimum absolute atomic E-state index is 0.0290. The van der Waals surface area contributed by atoms with Crippen LogP contribution >= 0.6 is 0 Å². The molecule has 2 unspecified atom stereocenters. The van der Waals surface area contributed by atoms with E-state index in [0.29, 0.717) is 19.5 Å². The lowest BCUT2D eigenvalue weighted by Gasteiger charge is -2.36. The van der Waals surface area contributed by atoms with Gasteiger partial charge in [-0.1, -0.05) is 12.1 Å². The molecule has 0 radical (unpaired) electrons. The fourth-order valence-electron chi connectivity index (χ4n) is 4.61. The molecule has 0 bridgehead atoms. The van der Waals surface area contributed by atoms with Gasteiger partial charge in [-0.2, -0.15) is 0 Å². The predicted molar refractivity (Wildman–Crippen MR) is 113 cm³/mol. The van der Waals surface area contributed by atoms with E-state index in [2.05, 4.69) is 6.07 Å². The number of pyridine rings is 1. The van der Waals surface area contributed by atoms with Crippen LogP contribution in [0.15, 0.2) is 36.4 Å². The van der Waals surface area contributed by atoms with E-state index < -0.39 is 6.04 Å². The quantitative estimate of drug-likeness (QED) is 0.769. The Balaban J connectivity index is 1.52. The lowest BCUT2D eigenvalue weighted by Crippen LogP contribution is -2.50. The molecule has 2 amide bonds. The number of nitrogens with zero attached hydrogens (tertiary/aromatic N) is 3. The second kappa shape index (κ2) is 8.54. The van der Waals surface area contributed by atoms with Gasteiger partial charge in [0.2, 0.25) is 11.8 Å². The largest absolute Gasteiger partial charge is 0.340 e. The number of piperidine rings is 1. The monoisotopic (exact) mass is 409 g/mol. The van der Waals surface area contributed by atoms with Gasteiger partial charge in [-0.25, -0.2) is 4.39 Å². The van der Waals surface area contributed by atoms with Gasteiger partial charge < -0.3 is 9.80 Å². The van der Waals surface area contributed by atoms with E-state index in [0.717, 1.165) is 48.3 Å². The van der Waals surface area contributed by atoms with Crippen molar-refractivity contribution in [3.63, 3.8) is 0 Å². The van der Waals surface area contributed by atoms with Crippen LogP contribution in [-0.4, -0.2) is 52.3 Å². The van der Waals surface area contributed by atoms with Crippen molar-refractivity contribution < 1.29 is 14.0 Å². The zero-order valence-corrected chi connectivity index (χ0v) is 17.6. The molecule has 0 N–H and O–H groups in total. The second-order valence-electron chi connectivity index (χ2n) is 8.42. The van der Waals surface area contributed by atoms with Crippen LogP contribution in [0.25, 0.3) is 11.1 Å². The zero-order valence-electron chi connectivity index (χ0n) is 17.6. The van der Waals surface area contributed by atoms with Gasteiger partial charge in [0.15, 0.2) is 0 Å². The first-order valence-corrected chi connectivity index (χ1v) is 10.7. The maximum Gasteiger partial charge on any atom is 0.245 e. The topological polar surface area (TPSA) is 53.5 Å². The predicted octanol–water partition coefficient (Wildman–Crippen LogP) is 3.91. The summed E-state index contributed by atoms with van der Waals surface area (Å²) in [7, 11) is 0. The number of halogens is 1. The number of carbonyl (C=O) groups is 2. The van der Waals surface area contributed by atoms with E-state index in [1.165, 1.54) is 12.1 Å². The van der Waals surface area contributed by atoms with Crippen molar-refractivity contribution >= 4 is 11.8 Å². The fraction of sp³-hybridized carbons (Fsp3) is 0.458. The van der Waals surface area contributed by atoms with Gasteiger partial charge in [-0.3, -0.25) is 14.6 Å². The van der Waals surface area contributed by atoms with Crippen LogP contribution in [-0.2, 0) is 9.59 Å². The highest BCUT2D eigenvalue weighted by Crippen LogP contribution is 2.30. The summed E-state index contributed by atoms with van der Waals surface area (Å²) >= 11 is 0. The molecular formula is C24H28FN3O2. The first kappa shape index (κ1) is 20.5. The highest BCUT2D eigenvalue weighted by molar-refractivity contribution is 5.88. The van der Waals surface area contributed by atoms with E-state index in [1.54, 1.807) is 17.0 Å². The SMILES string of the molecule is Cc1cc(-c2ccc(F)cc2)cc(C2CCCN(C(=O)C(C)N3CCCC3=O)C2)n1. The van der Waals surface area contributed by atoms with Gasteiger partial charge in [-0.05, 0) is 68.5 Å². The minimum atomic E-state index is -0.404. The van der Waals surface area contributed by atoms with E-state index >= 15 is 0 Å². The van der Waals surface area contributed by atoms with Crippen LogP contribution in [0.2, 0.25) is 0 Å². The van der Waals surface area contributed by atoms with Crippen LogP contribution in [0.5, 0.6) is 0 Å². The molecular weight excluding hydrogens is 381 g/mol. The summed E-state index contributed by atoms with van der Waals surface area (Å²) in [6, 6.07) is 10.1. The number of benzene rings is 1. The van der Waals surface area contributed by atoms with Gasteiger partial charge in [0, 0.05) is 43.4 Å². The Morgan fingerprint density at radius 2 is 1.90 bits per heavy atom. The van der Waals surface area contributed by atoms with E-state index in [-0.39, 0.29) is 23.5 Å². The summed E-state index contributed by atoms with van der Waals surface area (Å²) < 4.78 is 13.3. The first-order chi connectivity index (χ1) is 14.4. The lowest BCUT2D eigenvalue weighted by molar-refractivity contribution is -0.143. The smallest absolute Gasteiger partial charge is 0.245 e. The molecule has 2 saturated heterocycles. The third-order valence-corrected chi connectivity index (χ3v) is 6.24. The summed E-state index contributed by atoms with van der Waals surface area (Å²) in [5, 5.41) is 0. The van der Waals surface area contributed by atoms with Crippen LogP contribution in [0.1, 0.15) is 49.9 Å². The maximum absolute atomic E-state index is 13.3. The highest BCUT2D eigenvalue weighted by Gasteiger charge is 2.34. The number of aromatic nitrogens is 1. The average molecular weight is 410 g/mol. The molecule has 2 aliphatic rings. The van der Waals surface area contributed by atoms with Crippen molar-refractivity contribution in [1.29, 1.82) is 0 Å². The summed E-state index contributed by atoms with van der Waals surface area (Å²) in [4.78, 5) is 33.5. The van der Waals surface area contributed by atoms with Crippen LogP contribution in [0.3, 0.4) is 0 Å². The average Bonchev–Trinajstić information content (AvgIpc) is 3.18. The summed E-state index contributed by atoms with van der Waals surface area (Å²) in [5.41, 5.74) is 3.84. The van der Waals surface area contributed by atoms with Crippen molar-refractivity contribution in [2.75, 3.05) is 19.6 Å². The highest BCUT2D eigenvalue weighted by atomic mass is 19.1. The number of likely N-dealkylation sites (tertiary alicyclic amines) is 2. The van der Waals surface area contributed by atoms with Crippen LogP contribution in [0.4, 0.5) is 4.39 Å². The molecule has 4 rings (SSSR count). The zero-order chi connectivity index (χ0) is 21.3. The van der Waals surface area contributed by atoms with E-state index in [1.807, 2.05) is 24.8 Å². The van der Waals surface area contributed by atoms with E-state index in [4.69, 9.17) is 4.98 Å². The Hall–Kier alpha value is -2.76. The molecule has 5 nitrogen and oxygen atoms in total. The van der Waals surface area contributed by atoms with Crippen molar-refractivity contribution in [3.05, 3.63) is 53.6 Å². The molecule has 1 aromatic carbocycles. The third kappa shape index (κ3) is 4.23. The number of carbonyl (C=O) groups excluding carboxylic acids is 2. The lowest BCUT2D eigenvalue weighted by atomic mass is 9.92. The summed E-state index contributed by atoms with van der Waals surface area (Å²) in [5.74, 6) is 0.00938. The van der Waals surface area contributed by atoms with Gasteiger partial charge in [-0.15, -0.1) is 0 Å². The number of hydrogen-bond donors (Lipinski definition) is 0. The Morgan fingerprint density at radius 1 is 1.13 bits per heavy atom. The minimum Gasteiger partial charge on any atom is -0.340 e.